The van der Waals surface area contributed by atoms with Gasteiger partial charge in [0.2, 0.25) is 5.91 Å². The van der Waals surface area contributed by atoms with Gasteiger partial charge in [-0.3, -0.25) is 9.69 Å². The molecule has 4 heteroatoms. The summed E-state index contributed by atoms with van der Waals surface area (Å²) in [4.78, 5) is 26.8. The molecule has 0 spiro atoms. The van der Waals surface area contributed by atoms with E-state index in [1.165, 1.54) is 19.3 Å². The number of urea groups is 1. The molecule has 0 aromatic carbocycles. The van der Waals surface area contributed by atoms with Crippen LogP contribution in [-0.2, 0) is 4.79 Å². The molecule has 1 unspecified atom stereocenters. The Balaban J connectivity index is 1.68. The summed E-state index contributed by atoms with van der Waals surface area (Å²) in [6.07, 6.45) is 7.70. The van der Waals surface area contributed by atoms with Gasteiger partial charge in [-0.25, -0.2) is 4.79 Å². The first-order chi connectivity index (χ1) is 9.56. The van der Waals surface area contributed by atoms with Crippen molar-refractivity contribution >= 4 is 11.9 Å². The van der Waals surface area contributed by atoms with E-state index in [1.807, 2.05) is 6.92 Å². The van der Waals surface area contributed by atoms with Crippen LogP contribution >= 0.6 is 0 Å². The van der Waals surface area contributed by atoms with Gasteiger partial charge in [0.05, 0.1) is 5.54 Å². The molecular weight excluding hydrogens is 252 g/mol. The van der Waals surface area contributed by atoms with Crippen LogP contribution in [0.2, 0.25) is 0 Å². The van der Waals surface area contributed by atoms with Crippen LogP contribution < -0.4 is 5.32 Å². The van der Waals surface area contributed by atoms with Crippen LogP contribution in [0.3, 0.4) is 0 Å². The van der Waals surface area contributed by atoms with E-state index in [2.05, 4.69) is 5.32 Å². The lowest BCUT2D eigenvalue weighted by molar-refractivity contribution is -0.143. The molecule has 4 bridgehead atoms. The topological polar surface area (TPSA) is 49.4 Å². The van der Waals surface area contributed by atoms with Crippen LogP contribution in [0.25, 0.3) is 0 Å². The molecule has 1 heterocycles. The largest absolute Gasteiger partial charge is 0.337 e. The average molecular weight is 276 g/mol. The zero-order valence-electron chi connectivity index (χ0n) is 12.2. The van der Waals surface area contributed by atoms with Crippen molar-refractivity contribution in [2.75, 3.05) is 6.54 Å². The number of nitrogens with zero attached hydrogens (tertiary/aromatic N) is 1. The van der Waals surface area contributed by atoms with Crippen molar-refractivity contribution in [3.05, 3.63) is 0 Å². The third-order valence-corrected chi connectivity index (χ3v) is 6.06. The summed E-state index contributed by atoms with van der Waals surface area (Å²) < 4.78 is 0. The Bertz CT molecular complexity index is 424. The summed E-state index contributed by atoms with van der Waals surface area (Å²) in [5.41, 5.74) is -0.139. The normalized spacial score (nSPS) is 47.4. The van der Waals surface area contributed by atoms with Crippen LogP contribution in [0.15, 0.2) is 0 Å². The molecule has 4 saturated carbocycles. The van der Waals surface area contributed by atoms with E-state index in [4.69, 9.17) is 0 Å². The molecule has 20 heavy (non-hydrogen) atoms. The van der Waals surface area contributed by atoms with Gasteiger partial charge in [-0.1, -0.05) is 6.92 Å². The van der Waals surface area contributed by atoms with E-state index < -0.39 is 0 Å². The second kappa shape index (κ2) is 4.22. The van der Waals surface area contributed by atoms with Crippen molar-refractivity contribution in [3.8, 4) is 0 Å². The molecule has 1 N–H and O–H groups in total. The van der Waals surface area contributed by atoms with Gasteiger partial charge >= 0.3 is 6.03 Å². The lowest BCUT2D eigenvalue weighted by atomic mass is 9.52. The Kier molecular flexibility index (Phi) is 2.67. The zero-order valence-corrected chi connectivity index (χ0v) is 12.2. The standard InChI is InChI=1S/C16H24N2O2/c1-10-2-14(19)18(15(20)17-9-10)16-6-11-3-12(7-16)5-13(4-11)8-16/h10-13H,2-9H2,1H3,(H,17,20). The van der Waals surface area contributed by atoms with Crippen LogP contribution in [0.1, 0.15) is 51.9 Å². The van der Waals surface area contributed by atoms with Crippen LogP contribution in [0.4, 0.5) is 4.79 Å². The molecule has 0 aromatic rings. The van der Waals surface area contributed by atoms with Crippen LogP contribution in [0.5, 0.6) is 0 Å². The lowest BCUT2D eigenvalue weighted by Gasteiger charge is -2.59. The molecule has 4 aliphatic carbocycles. The number of hydrogen-bond acceptors (Lipinski definition) is 2. The second-order valence-electron chi connectivity index (χ2n) is 7.87. The van der Waals surface area contributed by atoms with Crippen LogP contribution in [-0.4, -0.2) is 28.9 Å². The zero-order chi connectivity index (χ0) is 13.9. The predicted octanol–water partition coefficient (Wildman–Crippen LogP) is 2.53. The number of rotatable bonds is 1. The number of imide groups is 1. The highest BCUT2D eigenvalue weighted by Gasteiger charge is 2.56. The summed E-state index contributed by atoms with van der Waals surface area (Å²) in [5, 5.41) is 2.97. The number of carbonyl (C=O) groups is 2. The minimum Gasteiger partial charge on any atom is -0.337 e. The van der Waals surface area contributed by atoms with Crippen molar-refractivity contribution in [2.45, 2.75) is 57.4 Å². The maximum absolute atomic E-state index is 12.6. The van der Waals surface area contributed by atoms with Crippen molar-refractivity contribution < 1.29 is 9.59 Å². The maximum atomic E-state index is 12.6. The Labute approximate surface area is 120 Å². The van der Waals surface area contributed by atoms with Crippen molar-refractivity contribution in [1.82, 2.24) is 10.2 Å². The number of hydrogen-bond donors (Lipinski definition) is 1. The first-order valence-electron chi connectivity index (χ1n) is 8.16. The predicted molar refractivity (Wildman–Crippen MR) is 74.9 cm³/mol. The third kappa shape index (κ3) is 1.80. The summed E-state index contributed by atoms with van der Waals surface area (Å²) in [6.45, 7) is 2.68. The lowest BCUT2D eigenvalue weighted by Crippen LogP contribution is -2.64. The number of carbonyl (C=O) groups excluding carboxylic acids is 2. The Hall–Kier alpha value is -1.06. The Morgan fingerprint density at radius 2 is 1.60 bits per heavy atom. The summed E-state index contributed by atoms with van der Waals surface area (Å²) in [7, 11) is 0. The highest BCUT2D eigenvalue weighted by Crippen LogP contribution is 2.58. The van der Waals surface area contributed by atoms with E-state index in [9.17, 15) is 9.59 Å². The fourth-order valence-electron chi connectivity index (χ4n) is 5.73. The highest BCUT2D eigenvalue weighted by atomic mass is 16.2. The SMILES string of the molecule is CC1CNC(=O)N(C23CC4CC(CC(C4)C2)C3)C(=O)C1. The van der Waals surface area contributed by atoms with E-state index in [-0.39, 0.29) is 23.4 Å². The summed E-state index contributed by atoms with van der Waals surface area (Å²) in [5.74, 6) is 2.58. The van der Waals surface area contributed by atoms with Crippen molar-refractivity contribution in [2.24, 2.45) is 23.7 Å². The van der Waals surface area contributed by atoms with Crippen molar-refractivity contribution in [1.29, 1.82) is 0 Å². The highest BCUT2D eigenvalue weighted by molar-refractivity contribution is 5.96. The molecule has 5 fully saturated rings. The fourth-order valence-corrected chi connectivity index (χ4v) is 5.73. The molecule has 1 atom stereocenters. The van der Waals surface area contributed by atoms with E-state index in [0.29, 0.717) is 13.0 Å². The third-order valence-electron chi connectivity index (χ3n) is 6.06. The van der Waals surface area contributed by atoms with Crippen molar-refractivity contribution in [3.63, 3.8) is 0 Å². The minimum absolute atomic E-state index is 0.0643. The number of amides is 3. The first-order valence-corrected chi connectivity index (χ1v) is 8.16. The quantitative estimate of drug-likeness (QED) is 0.800. The maximum Gasteiger partial charge on any atom is 0.324 e. The van der Waals surface area contributed by atoms with E-state index in [0.717, 1.165) is 37.0 Å². The van der Waals surface area contributed by atoms with Gasteiger partial charge in [0.1, 0.15) is 0 Å². The molecule has 0 aromatic heterocycles. The van der Waals surface area contributed by atoms with Gasteiger partial charge in [0.15, 0.2) is 0 Å². The Morgan fingerprint density at radius 3 is 2.15 bits per heavy atom. The molecule has 5 rings (SSSR count). The smallest absolute Gasteiger partial charge is 0.324 e. The summed E-state index contributed by atoms with van der Waals surface area (Å²) in [6, 6.07) is -0.124. The van der Waals surface area contributed by atoms with Gasteiger partial charge in [-0.15, -0.1) is 0 Å². The molecule has 5 aliphatic rings. The molecule has 0 radical (unpaired) electrons. The van der Waals surface area contributed by atoms with Gasteiger partial charge in [0, 0.05) is 13.0 Å². The fraction of sp³-hybridized carbons (Fsp3) is 0.875. The average Bonchev–Trinajstić information content (AvgIpc) is 2.46. The second-order valence-corrected chi connectivity index (χ2v) is 7.87. The molecule has 1 saturated heterocycles. The summed E-state index contributed by atoms with van der Waals surface area (Å²) >= 11 is 0. The van der Waals surface area contributed by atoms with Gasteiger partial charge < -0.3 is 5.32 Å². The minimum atomic E-state index is -0.139. The molecule has 110 valence electrons. The van der Waals surface area contributed by atoms with E-state index in [1.54, 1.807) is 4.90 Å². The monoisotopic (exact) mass is 276 g/mol. The van der Waals surface area contributed by atoms with Gasteiger partial charge in [-0.2, -0.15) is 0 Å². The van der Waals surface area contributed by atoms with Gasteiger partial charge in [0.25, 0.3) is 0 Å². The van der Waals surface area contributed by atoms with Crippen LogP contribution in [0, 0.1) is 23.7 Å². The van der Waals surface area contributed by atoms with Gasteiger partial charge in [-0.05, 0) is 62.2 Å². The molecule has 1 aliphatic heterocycles. The molecule has 4 nitrogen and oxygen atoms in total. The molecule has 3 amide bonds. The number of nitrogens with one attached hydrogen (secondary N) is 1. The molecular formula is C16H24N2O2. The van der Waals surface area contributed by atoms with E-state index >= 15 is 0 Å². The first kappa shape index (κ1) is 12.7. The Morgan fingerprint density at radius 1 is 1.05 bits per heavy atom.